The van der Waals surface area contributed by atoms with Gasteiger partial charge in [0.15, 0.2) is 0 Å². The topological polar surface area (TPSA) is 29.5 Å². The lowest BCUT2D eigenvalue weighted by atomic mass is 10.3. The van der Waals surface area contributed by atoms with E-state index in [2.05, 4.69) is 4.74 Å². The smallest absolute Gasteiger partial charge is 0.395 e. The van der Waals surface area contributed by atoms with Crippen molar-refractivity contribution in [1.29, 1.82) is 0 Å². The van der Waals surface area contributed by atoms with Gasteiger partial charge in [0.05, 0.1) is 17.1 Å². The van der Waals surface area contributed by atoms with E-state index >= 15 is 0 Å². The van der Waals surface area contributed by atoms with Gasteiger partial charge in [0.25, 0.3) is 0 Å². The van der Waals surface area contributed by atoms with Crippen molar-refractivity contribution < 1.29 is 36.2 Å². The highest BCUT2D eigenvalue weighted by Crippen LogP contribution is 2.35. The summed E-state index contributed by atoms with van der Waals surface area (Å²) >= 11 is 1.49. The van der Waals surface area contributed by atoms with E-state index in [1.54, 1.807) is 0 Å². The minimum absolute atomic E-state index is 0.553. The number of aliphatic hydroxyl groups is 1. The number of halogens is 7. The number of hydrogen-bond donors (Lipinski definition) is 1. The van der Waals surface area contributed by atoms with Crippen LogP contribution in [0.1, 0.15) is 0 Å². The third-order valence-electron chi connectivity index (χ3n) is 1.24. The lowest BCUT2D eigenvalue weighted by Crippen LogP contribution is -2.45. The predicted molar refractivity (Wildman–Crippen MR) is 46.7 cm³/mol. The molecule has 0 radical (unpaired) electrons. The molecule has 0 aromatic carbocycles. The molecule has 1 N–H and O–H groups in total. The molecule has 2 nitrogen and oxygen atoms in total. The van der Waals surface area contributed by atoms with E-state index < -0.39 is 35.6 Å². The third kappa shape index (κ3) is 5.76. The van der Waals surface area contributed by atoms with E-state index in [9.17, 15) is 26.3 Å². The predicted octanol–water partition coefficient (Wildman–Crippen LogP) is 2.29. The van der Waals surface area contributed by atoms with Gasteiger partial charge in [-0.25, -0.2) is 0 Å². The Balaban J connectivity index is 4.42. The molecular weight excluding hydrogens is 345 g/mol. The van der Waals surface area contributed by atoms with E-state index in [4.69, 9.17) is 5.11 Å². The van der Waals surface area contributed by atoms with Gasteiger partial charge in [-0.3, -0.25) is 0 Å². The van der Waals surface area contributed by atoms with Crippen molar-refractivity contribution in [2.24, 2.45) is 0 Å². The third-order valence-corrected chi connectivity index (χ3v) is 1.99. The van der Waals surface area contributed by atoms with Gasteiger partial charge in [0.2, 0.25) is 6.10 Å². The Hall–Kier alpha value is 0.230. The minimum Gasteiger partial charge on any atom is -0.395 e. The zero-order valence-corrected chi connectivity index (χ0v) is 9.23. The van der Waals surface area contributed by atoms with E-state index in [0.717, 1.165) is 0 Å². The van der Waals surface area contributed by atoms with Crippen LogP contribution in [0.4, 0.5) is 26.3 Å². The largest absolute Gasteiger partial charge is 0.423 e. The van der Waals surface area contributed by atoms with Gasteiger partial charge in [-0.2, -0.15) is 26.3 Å². The zero-order chi connectivity index (χ0) is 12.3. The summed E-state index contributed by atoms with van der Waals surface area (Å²) in [6.07, 6.45) is -14.8. The fourth-order valence-corrected chi connectivity index (χ4v) is 0.836. The molecule has 0 saturated heterocycles. The van der Waals surface area contributed by atoms with Gasteiger partial charge >= 0.3 is 12.4 Å². The maximum absolute atomic E-state index is 11.9. The van der Waals surface area contributed by atoms with Crippen molar-refractivity contribution in [3.05, 3.63) is 0 Å². The molecule has 1 atom stereocenters. The van der Waals surface area contributed by atoms with Crippen molar-refractivity contribution >= 4 is 22.6 Å². The van der Waals surface area contributed by atoms with Crippen LogP contribution in [-0.4, -0.2) is 40.7 Å². The van der Waals surface area contributed by atoms with Crippen LogP contribution in [0.5, 0.6) is 0 Å². The molecular formula is C6H7F6IO2. The quantitative estimate of drug-likeness (QED) is 0.478. The molecule has 9 heteroatoms. The summed E-state index contributed by atoms with van der Waals surface area (Å²) < 4.78 is 74.1. The molecule has 0 aliphatic carbocycles. The summed E-state index contributed by atoms with van der Waals surface area (Å²) in [6.45, 7) is -1.37. The molecule has 0 aliphatic heterocycles. The monoisotopic (exact) mass is 352 g/mol. The molecule has 0 aromatic heterocycles. The van der Waals surface area contributed by atoms with Crippen LogP contribution < -0.4 is 0 Å². The van der Waals surface area contributed by atoms with Crippen molar-refractivity contribution in [1.82, 2.24) is 0 Å². The zero-order valence-electron chi connectivity index (χ0n) is 7.07. The molecule has 0 aliphatic rings. The average Bonchev–Trinajstić information content (AvgIpc) is 1.99. The Labute approximate surface area is 94.7 Å². The van der Waals surface area contributed by atoms with Crippen molar-refractivity contribution in [2.45, 2.75) is 22.4 Å². The lowest BCUT2D eigenvalue weighted by Gasteiger charge is -2.23. The summed E-state index contributed by atoms with van der Waals surface area (Å²) in [6, 6.07) is 0. The maximum atomic E-state index is 11.9. The summed E-state index contributed by atoms with van der Waals surface area (Å²) in [5.74, 6) is 0. The van der Waals surface area contributed by atoms with Crippen LogP contribution in [0.25, 0.3) is 0 Å². The summed E-state index contributed by atoms with van der Waals surface area (Å²) in [5.41, 5.74) is 0. The second-order valence-corrected chi connectivity index (χ2v) is 4.34. The Morgan fingerprint density at radius 3 is 1.73 bits per heavy atom. The second-order valence-electron chi connectivity index (χ2n) is 2.58. The molecule has 15 heavy (non-hydrogen) atoms. The highest BCUT2D eigenvalue weighted by molar-refractivity contribution is 14.1. The molecule has 0 saturated carbocycles. The molecule has 0 spiro atoms. The van der Waals surface area contributed by atoms with Crippen molar-refractivity contribution in [3.63, 3.8) is 0 Å². The van der Waals surface area contributed by atoms with Crippen LogP contribution >= 0.6 is 22.6 Å². The Morgan fingerprint density at radius 2 is 1.47 bits per heavy atom. The molecule has 0 aromatic rings. The van der Waals surface area contributed by atoms with Crippen LogP contribution in [-0.2, 0) is 4.74 Å². The molecule has 1 unspecified atom stereocenters. The first-order valence-corrected chi connectivity index (χ1v) is 4.83. The first-order valence-electron chi connectivity index (χ1n) is 3.59. The van der Waals surface area contributed by atoms with Gasteiger partial charge in [-0.1, -0.05) is 22.6 Å². The number of alkyl halides is 7. The van der Waals surface area contributed by atoms with Crippen LogP contribution in [0.15, 0.2) is 0 Å². The Kier molecular flexibility index (Phi) is 5.61. The maximum Gasteiger partial charge on any atom is 0.423 e. The lowest BCUT2D eigenvalue weighted by molar-refractivity contribution is -0.321. The minimum atomic E-state index is -5.50. The standard InChI is InChI=1S/C6H7F6IO2/c7-5(8,9)4(6(10,11)12)15-2-3(13)1-14/h3-4,14H,1-2H2. The van der Waals surface area contributed by atoms with Gasteiger partial charge in [0.1, 0.15) is 0 Å². The molecule has 0 rings (SSSR count). The Bertz CT molecular complexity index is 177. The highest BCUT2D eigenvalue weighted by atomic mass is 127. The van der Waals surface area contributed by atoms with E-state index in [0.29, 0.717) is 0 Å². The van der Waals surface area contributed by atoms with Crippen molar-refractivity contribution in [3.8, 4) is 0 Å². The first kappa shape index (κ1) is 15.2. The van der Waals surface area contributed by atoms with Gasteiger partial charge in [0, 0.05) is 0 Å². The fourth-order valence-electron chi connectivity index (χ4n) is 0.628. The number of aliphatic hydroxyl groups excluding tert-OH is 1. The molecule has 92 valence electrons. The molecule has 0 fully saturated rings. The number of rotatable bonds is 4. The van der Waals surface area contributed by atoms with Crippen LogP contribution in [0.3, 0.4) is 0 Å². The Morgan fingerprint density at radius 1 is 1.07 bits per heavy atom. The molecule has 0 heterocycles. The number of ether oxygens (including phenoxy) is 1. The van der Waals surface area contributed by atoms with E-state index in [1.165, 1.54) is 22.6 Å². The second kappa shape index (κ2) is 5.53. The normalized spacial score (nSPS) is 15.8. The first-order chi connectivity index (χ1) is 6.59. The van der Waals surface area contributed by atoms with Crippen LogP contribution in [0.2, 0.25) is 0 Å². The molecule has 0 bridgehead atoms. The van der Waals surface area contributed by atoms with Crippen molar-refractivity contribution in [2.75, 3.05) is 13.2 Å². The number of hydrogen-bond acceptors (Lipinski definition) is 2. The highest BCUT2D eigenvalue weighted by Gasteiger charge is 2.58. The summed E-state index contributed by atoms with van der Waals surface area (Å²) in [7, 11) is 0. The molecule has 0 amide bonds. The van der Waals surface area contributed by atoms with Gasteiger partial charge in [-0.15, -0.1) is 0 Å². The average molecular weight is 352 g/mol. The summed E-state index contributed by atoms with van der Waals surface area (Å²) in [5, 5.41) is 8.40. The summed E-state index contributed by atoms with van der Waals surface area (Å²) in [4.78, 5) is 0. The van der Waals surface area contributed by atoms with Gasteiger partial charge < -0.3 is 9.84 Å². The fraction of sp³-hybridized carbons (Fsp3) is 1.00. The van der Waals surface area contributed by atoms with Crippen LogP contribution in [0, 0.1) is 0 Å². The van der Waals surface area contributed by atoms with E-state index in [1.807, 2.05) is 0 Å². The van der Waals surface area contributed by atoms with E-state index in [-0.39, 0.29) is 0 Å². The van der Waals surface area contributed by atoms with Gasteiger partial charge in [-0.05, 0) is 0 Å². The SMILES string of the molecule is OCC(I)COC(C(F)(F)F)C(F)(F)F.